The number of aromatic nitrogens is 2. The molecule has 7 heterocycles. The molecule has 0 bridgehead atoms. The van der Waals surface area contributed by atoms with Gasteiger partial charge in [-0.25, -0.2) is 9.37 Å². The van der Waals surface area contributed by atoms with Crippen molar-refractivity contribution in [2.75, 3.05) is 0 Å². The molecule has 0 spiro atoms. The van der Waals surface area contributed by atoms with Crippen molar-refractivity contribution >= 4 is 79.6 Å². The Labute approximate surface area is 426 Å². The van der Waals surface area contributed by atoms with Gasteiger partial charge in [0.2, 0.25) is 0 Å². The third-order valence-electron chi connectivity index (χ3n) is 12.5. The van der Waals surface area contributed by atoms with Gasteiger partial charge in [-0.15, -0.1) is 22.7 Å². The Bertz CT molecular complexity index is 2970. The summed E-state index contributed by atoms with van der Waals surface area (Å²) < 4.78 is 17.5. The fourth-order valence-corrected chi connectivity index (χ4v) is 10.3. The van der Waals surface area contributed by atoms with E-state index in [0.717, 1.165) is 34.0 Å². The highest BCUT2D eigenvalue weighted by atomic mass is 32.1. The highest BCUT2D eigenvalue weighted by molar-refractivity contribution is 7.17. The molecule has 4 aliphatic heterocycles. The van der Waals surface area contributed by atoms with Gasteiger partial charge in [0.05, 0.1) is 21.8 Å². The van der Waals surface area contributed by atoms with E-state index in [1.807, 2.05) is 59.9 Å². The summed E-state index contributed by atoms with van der Waals surface area (Å²) in [7, 11) is 0. The normalized spacial score (nSPS) is 14.3. The number of hydrogen-bond acceptors (Lipinski definition) is 7. The van der Waals surface area contributed by atoms with Crippen molar-refractivity contribution in [3.63, 3.8) is 0 Å². The van der Waals surface area contributed by atoms with Crippen molar-refractivity contribution < 1.29 is 8.96 Å². The van der Waals surface area contributed by atoms with E-state index >= 15 is 0 Å². The van der Waals surface area contributed by atoms with Gasteiger partial charge in [0.15, 0.2) is 17.9 Å². The lowest BCUT2D eigenvalue weighted by Gasteiger charge is -2.31. The van der Waals surface area contributed by atoms with Gasteiger partial charge >= 0.3 is 0 Å². The zero-order valence-electron chi connectivity index (χ0n) is 43.4. The average Bonchev–Trinajstić information content (AvgIpc) is 4.03. The van der Waals surface area contributed by atoms with Crippen molar-refractivity contribution in [3.05, 3.63) is 202 Å². The van der Waals surface area contributed by atoms with E-state index in [0.29, 0.717) is 29.7 Å². The minimum absolute atomic E-state index is 0.188. The van der Waals surface area contributed by atoms with Crippen LogP contribution in [-0.4, -0.2) is 48.8 Å². The monoisotopic (exact) mass is 972 g/mol. The van der Waals surface area contributed by atoms with Crippen LogP contribution in [0, 0.1) is 13.8 Å². The maximum atomic E-state index is 13.7. The van der Waals surface area contributed by atoms with Gasteiger partial charge in [0.25, 0.3) is 0 Å². The lowest BCUT2D eigenvalue weighted by Crippen LogP contribution is -2.38. The van der Waals surface area contributed by atoms with E-state index in [9.17, 15) is 4.39 Å². The Kier molecular flexibility index (Phi) is 17.6. The van der Waals surface area contributed by atoms with Crippen LogP contribution in [0.15, 0.2) is 147 Å². The zero-order chi connectivity index (χ0) is 51.0. The third-order valence-corrected chi connectivity index (χ3v) is 14.4. The minimum Gasteiger partial charge on any atom is -0.345 e. The number of hydrogen-bond donors (Lipinski definition) is 0. The van der Waals surface area contributed by atoms with E-state index in [4.69, 9.17) is 0 Å². The molecule has 0 saturated carbocycles. The van der Waals surface area contributed by atoms with Crippen LogP contribution in [0.4, 0.5) is 4.39 Å². The molecule has 364 valence electrons. The first-order valence-electron chi connectivity index (χ1n) is 24.2. The Morgan fingerprint density at radius 3 is 1.70 bits per heavy atom. The van der Waals surface area contributed by atoms with Gasteiger partial charge in [-0.2, -0.15) is 4.57 Å². The molecule has 70 heavy (non-hydrogen) atoms. The van der Waals surface area contributed by atoms with E-state index < -0.39 is 0 Å². The first kappa shape index (κ1) is 52.8. The fraction of sp³-hybridized carbons (Fsp3) is 0.279. The lowest BCUT2D eigenvalue weighted by atomic mass is 9.98. The SMILES string of the molecule is C=C1c2ccc(C)cc2C=CN1C(C)C.C=C1c2ccccc2C(F)=CN1C(C)C.C=C1c2ccccc2C=CN1C(C)C.C=C1c2scnc2C=CN1C(C)C.Cc1c2sccc2cc[n+]1C(C)C. The number of fused-ring (bicyclic) bond motifs is 5. The second-order valence-electron chi connectivity index (χ2n) is 19.1. The quantitative estimate of drug-likeness (QED) is 0.161. The average molecular weight is 972 g/mol. The van der Waals surface area contributed by atoms with Crippen molar-refractivity contribution in [1.29, 1.82) is 0 Å². The first-order valence-corrected chi connectivity index (χ1v) is 26.0. The summed E-state index contributed by atoms with van der Waals surface area (Å²) in [4.78, 5) is 13.9. The van der Waals surface area contributed by atoms with Crippen LogP contribution >= 0.6 is 22.7 Å². The maximum Gasteiger partial charge on any atom is 0.196 e. The zero-order valence-corrected chi connectivity index (χ0v) is 45.0. The van der Waals surface area contributed by atoms with Crippen LogP contribution in [-0.2, 0) is 0 Å². The summed E-state index contributed by atoms with van der Waals surface area (Å²) in [6.45, 7) is 42.2. The molecule has 0 amide bonds. The predicted octanol–water partition coefficient (Wildman–Crippen LogP) is 16.5. The summed E-state index contributed by atoms with van der Waals surface area (Å²) in [6, 6.07) is 28.8. The molecule has 6 nitrogen and oxygen atoms in total. The number of pyridine rings is 1. The molecule has 4 aliphatic rings. The number of thiophene rings is 1. The number of aryl methyl sites for hydroxylation is 2. The molecule has 0 N–H and O–H groups in total. The summed E-state index contributed by atoms with van der Waals surface area (Å²) >= 11 is 3.48. The molecule has 0 atom stereocenters. The summed E-state index contributed by atoms with van der Waals surface area (Å²) in [5.74, 6) is -0.188. The molecule has 9 heteroatoms. The van der Waals surface area contributed by atoms with Crippen LogP contribution in [0.3, 0.4) is 0 Å². The van der Waals surface area contributed by atoms with Crippen LogP contribution in [0.5, 0.6) is 0 Å². The minimum atomic E-state index is -0.188. The van der Waals surface area contributed by atoms with Gasteiger partial charge in [-0.3, -0.25) is 0 Å². The number of nitrogens with zero attached hydrogens (tertiary/aromatic N) is 6. The third kappa shape index (κ3) is 12.1. The number of halogens is 1. The Morgan fingerprint density at radius 1 is 0.557 bits per heavy atom. The molecule has 0 aliphatic carbocycles. The van der Waals surface area contributed by atoms with E-state index in [1.165, 1.54) is 54.7 Å². The molecule has 3 aromatic carbocycles. The molecular weight excluding hydrogens is 900 g/mol. The van der Waals surface area contributed by atoms with Crippen molar-refractivity contribution in [2.45, 2.75) is 113 Å². The molecule has 3 aromatic heterocycles. The van der Waals surface area contributed by atoms with Crippen LogP contribution in [0.2, 0.25) is 0 Å². The summed E-state index contributed by atoms with van der Waals surface area (Å²) in [5.41, 5.74) is 16.2. The topological polar surface area (TPSA) is 29.7 Å². The molecule has 0 fully saturated rings. The van der Waals surface area contributed by atoms with Gasteiger partial charge < -0.3 is 19.6 Å². The van der Waals surface area contributed by atoms with Crippen LogP contribution in [0.1, 0.15) is 130 Å². The lowest BCUT2D eigenvalue weighted by molar-refractivity contribution is -0.720. The molecule has 0 radical (unpaired) electrons. The van der Waals surface area contributed by atoms with Crippen molar-refractivity contribution in [2.24, 2.45) is 0 Å². The Morgan fingerprint density at radius 2 is 1.09 bits per heavy atom. The van der Waals surface area contributed by atoms with Crippen LogP contribution < -0.4 is 4.57 Å². The van der Waals surface area contributed by atoms with Gasteiger partial charge in [0, 0.05) is 107 Å². The van der Waals surface area contributed by atoms with Gasteiger partial charge in [-0.1, -0.05) is 98.6 Å². The number of thiazole rings is 1. The Hall–Kier alpha value is -6.55. The van der Waals surface area contributed by atoms with Gasteiger partial charge in [-0.05, 0) is 117 Å². The van der Waals surface area contributed by atoms with E-state index in [-0.39, 0.29) is 11.9 Å². The summed E-state index contributed by atoms with van der Waals surface area (Å²) in [6.07, 6.45) is 16.3. The number of benzene rings is 3. The second kappa shape index (κ2) is 23.4. The predicted molar refractivity (Wildman–Crippen MR) is 304 cm³/mol. The fourth-order valence-electron chi connectivity index (χ4n) is 8.67. The molecular formula is C61H72FN6S2+. The van der Waals surface area contributed by atoms with Crippen LogP contribution in [0.25, 0.3) is 56.9 Å². The smallest absolute Gasteiger partial charge is 0.196 e. The second-order valence-corrected chi connectivity index (χ2v) is 20.9. The van der Waals surface area contributed by atoms with Gasteiger partial charge in [0.1, 0.15) is 10.5 Å². The highest BCUT2D eigenvalue weighted by Crippen LogP contribution is 2.36. The molecule has 0 unspecified atom stereocenters. The van der Waals surface area contributed by atoms with E-state index in [1.54, 1.807) is 17.4 Å². The largest absolute Gasteiger partial charge is 0.345 e. The van der Waals surface area contributed by atoms with Crippen molar-refractivity contribution in [3.8, 4) is 0 Å². The summed E-state index contributed by atoms with van der Waals surface area (Å²) in [5, 5.41) is 3.52. The number of rotatable bonds is 5. The van der Waals surface area contributed by atoms with Crippen molar-refractivity contribution in [1.82, 2.24) is 24.6 Å². The van der Waals surface area contributed by atoms with E-state index in [2.05, 4.69) is 217 Å². The first-order chi connectivity index (χ1) is 33.3. The standard InChI is InChI=1S/C14H17N.C13H14FN.C13H15N.C11H14NS.C10H12N2S/c1-10(2)15-8-7-13-9-11(3)5-6-14(13)12(15)4;1-9(2)15-8-13(14)12-7-5-4-6-11(12)10(15)3;1-10(2)14-9-8-12-6-4-5-7-13(12)11(14)3;1-8(2)12-6-4-10-5-7-13-11(10)9(12)3;1-7(2)12-5-4-9-10(8(12)3)13-6-11-9/h5-10H,4H2,1-3H3;4-9H,3H2,1-2H3;4-10H,3H2,1-2H3;4-8H,1-3H3;4-7H,3H2,1-2H3/q;;;+1;. The molecule has 6 aromatic rings. The highest BCUT2D eigenvalue weighted by Gasteiger charge is 2.23. The maximum absolute atomic E-state index is 13.7. The Balaban J connectivity index is 0.000000144. The molecule has 10 rings (SSSR count). The molecule has 0 saturated heterocycles.